The molecular weight excluding hydrogens is 300 g/mol. The monoisotopic (exact) mass is 314 g/mol. The minimum Gasteiger partial charge on any atom is -0.289 e. The van der Waals surface area contributed by atoms with E-state index in [0.29, 0.717) is 0 Å². The highest BCUT2D eigenvalue weighted by atomic mass is 79.9. The first-order chi connectivity index (χ1) is 9.24. The Morgan fingerprint density at radius 1 is 0.895 bits per heavy atom. The van der Waals surface area contributed by atoms with Crippen LogP contribution in [0.4, 0.5) is 0 Å². The van der Waals surface area contributed by atoms with Crippen molar-refractivity contribution >= 4 is 21.7 Å². The summed E-state index contributed by atoms with van der Waals surface area (Å²) >= 11 is 3.41. The van der Waals surface area contributed by atoms with Crippen LogP contribution >= 0.6 is 15.9 Å². The Morgan fingerprint density at radius 3 is 2.42 bits per heavy atom. The molecule has 0 amide bonds. The Balaban J connectivity index is 1.96. The van der Waals surface area contributed by atoms with Crippen LogP contribution in [0.5, 0.6) is 0 Å². The molecule has 3 rings (SSSR count). The first-order valence-corrected chi connectivity index (χ1v) is 7.45. The van der Waals surface area contributed by atoms with Crippen molar-refractivity contribution in [1.29, 1.82) is 0 Å². The van der Waals surface area contributed by atoms with Gasteiger partial charge in [0.1, 0.15) is 0 Å². The largest absolute Gasteiger partial charge is 0.289 e. The summed E-state index contributed by atoms with van der Waals surface area (Å²) in [5, 5.41) is 0. The number of carbonyl (C=O) groups is 1. The van der Waals surface area contributed by atoms with Gasteiger partial charge in [0.15, 0.2) is 5.78 Å². The predicted molar refractivity (Wildman–Crippen MR) is 80.7 cm³/mol. The number of fused-ring (bicyclic) bond motifs is 1. The predicted octanol–water partition coefficient (Wildman–Crippen LogP) is 4.56. The van der Waals surface area contributed by atoms with Crippen LogP contribution in [0.3, 0.4) is 0 Å². The third kappa shape index (κ3) is 2.64. The number of carbonyl (C=O) groups excluding carboxylic acids is 1. The highest BCUT2D eigenvalue weighted by Gasteiger charge is 2.14. The maximum Gasteiger partial charge on any atom is 0.193 e. The van der Waals surface area contributed by atoms with Gasteiger partial charge in [-0.05, 0) is 55.0 Å². The second-order valence-electron chi connectivity index (χ2n) is 5.03. The van der Waals surface area contributed by atoms with E-state index in [1.54, 1.807) is 0 Å². The normalized spacial score (nSPS) is 13.9. The van der Waals surface area contributed by atoms with Crippen LogP contribution in [-0.2, 0) is 12.8 Å². The summed E-state index contributed by atoms with van der Waals surface area (Å²) in [5.41, 5.74) is 4.31. The zero-order chi connectivity index (χ0) is 13.2. The lowest BCUT2D eigenvalue weighted by atomic mass is 9.89. The van der Waals surface area contributed by atoms with Gasteiger partial charge in [-0.2, -0.15) is 0 Å². The molecular formula is C17H15BrO. The summed E-state index contributed by atoms with van der Waals surface area (Å²) in [7, 11) is 0. The summed E-state index contributed by atoms with van der Waals surface area (Å²) in [6, 6.07) is 13.7. The molecule has 1 aliphatic carbocycles. The molecule has 1 nitrogen and oxygen atoms in total. The average molecular weight is 315 g/mol. The van der Waals surface area contributed by atoms with Gasteiger partial charge in [0, 0.05) is 15.6 Å². The summed E-state index contributed by atoms with van der Waals surface area (Å²) in [5.74, 6) is 0.106. The van der Waals surface area contributed by atoms with Gasteiger partial charge in [0.25, 0.3) is 0 Å². The molecule has 0 radical (unpaired) electrons. The number of hydrogen-bond acceptors (Lipinski definition) is 1. The zero-order valence-corrected chi connectivity index (χ0v) is 12.2. The minimum atomic E-state index is 0.106. The minimum absolute atomic E-state index is 0.106. The molecule has 0 saturated carbocycles. The highest BCUT2D eigenvalue weighted by molar-refractivity contribution is 9.10. The molecule has 0 unspecified atom stereocenters. The molecule has 1 aliphatic rings. The molecule has 2 aromatic rings. The number of benzene rings is 2. The van der Waals surface area contributed by atoms with Gasteiger partial charge in [0.05, 0.1) is 0 Å². The lowest BCUT2D eigenvalue weighted by Crippen LogP contribution is -2.07. The topological polar surface area (TPSA) is 17.1 Å². The van der Waals surface area contributed by atoms with Gasteiger partial charge in [-0.15, -0.1) is 0 Å². The van der Waals surface area contributed by atoms with Crippen LogP contribution in [0.2, 0.25) is 0 Å². The van der Waals surface area contributed by atoms with Crippen molar-refractivity contribution in [3.8, 4) is 0 Å². The molecule has 0 aromatic heterocycles. The highest BCUT2D eigenvalue weighted by Crippen LogP contribution is 2.24. The molecule has 2 aromatic carbocycles. The van der Waals surface area contributed by atoms with E-state index in [1.807, 2.05) is 30.3 Å². The smallest absolute Gasteiger partial charge is 0.193 e. The van der Waals surface area contributed by atoms with E-state index in [4.69, 9.17) is 0 Å². The van der Waals surface area contributed by atoms with Gasteiger partial charge < -0.3 is 0 Å². The van der Waals surface area contributed by atoms with Gasteiger partial charge in [0.2, 0.25) is 0 Å². The van der Waals surface area contributed by atoms with Crippen LogP contribution in [-0.4, -0.2) is 5.78 Å². The molecule has 2 heteroatoms. The van der Waals surface area contributed by atoms with Crippen LogP contribution in [0.15, 0.2) is 46.9 Å². The van der Waals surface area contributed by atoms with Crippen molar-refractivity contribution < 1.29 is 4.79 Å². The second-order valence-corrected chi connectivity index (χ2v) is 5.95. The molecule has 0 heterocycles. The Hall–Kier alpha value is -1.41. The molecule has 96 valence electrons. The fourth-order valence-electron chi connectivity index (χ4n) is 2.67. The van der Waals surface area contributed by atoms with Crippen molar-refractivity contribution in [3.63, 3.8) is 0 Å². The first kappa shape index (κ1) is 12.6. The van der Waals surface area contributed by atoms with Gasteiger partial charge >= 0.3 is 0 Å². The van der Waals surface area contributed by atoms with Crippen molar-refractivity contribution in [1.82, 2.24) is 0 Å². The van der Waals surface area contributed by atoms with E-state index in [-0.39, 0.29) is 5.78 Å². The number of hydrogen-bond donors (Lipinski definition) is 0. The number of ketones is 1. The van der Waals surface area contributed by atoms with E-state index in [1.165, 1.54) is 24.0 Å². The van der Waals surface area contributed by atoms with Crippen LogP contribution in [0, 0.1) is 0 Å². The SMILES string of the molecule is O=C(c1cccc(Br)c1)c1ccc2c(c1)CCCC2. The van der Waals surface area contributed by atoms with E-state index >= 15 is 0 Å². The van der Waals surface area contributed by atoms with Gasteiger partial charge in [-0.25, -0.2) is 0 Å². The summed E-state index contributed by atoms with van der Waals surface area (Å²) in [4.78, 5) is 12.5. The Bertz CT molecular complexity index is 631. The van der Waals surface area contributed by atoms with Crippen LogP contribution in [0.1, 0.15) is 39.9 Å². The maximum atomic E-state index is 12.5. The van der Waals surface area contributed by atoms with Crippen molar-refractivity contribution in [3.05, 3.63) is 69.2 Å². The van der Waals surface area contributed by atoms with Gasteiger partial charge in [-0.1, -0.05) is 40.2 Å². The standard InChI is InChI=1S/C17H15BrO/c18-16-7-3-6-14(11-16)17(19)15-9-8-12-4-1-2-5-13(12)10-15/h3,6-11H,1-2,4-5H2. The molecule has 0 N–H and O–H groups in total. The fourth-order valence-corrected chi connectivity index (χ4v) is 3.07. The second kappa shape index (κ2) is 5.30. The summed E-state index contributed by atoms with van der Waals surface area (Å²) < 4.78 is 0.941. The molecule has 0 spiro atoms. The number of rotatable bonds is 2. The van der Waals surface area contributed by atoms with Gasteiger partial charge in [-0.3, -0.25) is 4.79 Å². The molecule has 0 saturated heterocycles. The molecule has 19 heavy (non-hydrogen) atoms. The lowest BCUT2D eigenvalue weighted by molar-refractivity contribution is 0.103. The third-order valence-electron chi connectivity index (χ3n) is 3.70. The van der Waals surface area contributed by atoms with Crippen molar-refractivity contribution in [2.75, 3.05) is 0 Å². The molecule has 0 aliphatic heterocycles. The quantitative estimate of drug-likeness (QED) is 0.743. The number of halogens is 1. The van der Waals surface area contributed by atoms with E-state index < -0.39 is 0 Å². The summed E-state index contributed by atoms with van der Waals surface area (Å²) in [6.07, 6.45) is 4.77. The van der Waals surface area contributed by atoms with Crippen molar-refractivity contribution in [2.24, 2.45) is 0 Å². The lowest BCUT2D eigenvalue weighted by Gasteiger charge is -2.16. The molecule has 0 fully saturated rings. The van der Waals surface area contributed by atoms with E-state index in [0.717, 1.165) is 28.4 Å². The van der Waals surface area contributed by atoms with Crippen LogP contribution in [0.25, 0.3) is 0 Å². The average Bonchev–Trinajstić information content (AvgIpc) is 2.46. The van der Waals surface area contributed by atoms with Crippen molar-refractivity contribution in [2.45, 2.75) is 25.7 Å². The Kier molecular flexibility index (Phi) is 3.52. The Morgan fingerprint density at radius 2 is 1.63 bits per heavy atom. The van der Waals surface area contributed by atoms with Crippen LogP contribution < -0.4 is 0 Å². The van der Waals surface area contributed by atoms with E-state index in [9.17, 15) is 4.79 Å². The maximum absolute atomic E-state index is 12.5. The molecule has 0 bridgehead atoms. The molecule has 0 atom stereocenters. The summed E-state index contributed by atoms with van der Waals surface area (Å²) in [6.45, 7) is 0. The number of aryl methyl sites for hydroxylation is 2. The first-order valence-electron chi connectivity index (χ1n) is 6.66. The third-order valence-corrected chi connectivity index (χ3v) is 4.19. The van der Waals surface area contributed by atoms with E-state index in [2.05, 4.69) is 28.1 Å². The fraction of sp³-hybridized carbons (Fsp3) is 0.235. The Labute approximate surface area is 121 Å². The zero-order valence-electron chi connectivity index (χ0n) is 10.7.